The maximum Gasteiger partial charge on any atom is 0.134 e. The third-order valence-corrected chi connectivity index (χ3v) is 7.26. The first-order valence-electron chi connectivity index (χ1n) is 10.1. The van der Waals surface area contributed by atoms with Gasteiger partial charge in [0.1, 0.15) is 5.58 Å². The van der Waals surface area contributed by atoms with Crippen molar-refractivity contribution >= 4 is 22.7 Å². The van der Waals surface area contributed by atoms with Gasteiger partial charge in [0, 0.05) is 42.8 Å². The second kappa shape index (κ2) is 8.73. The average molecular weight is 396 g/mol. The standard InChI is InChI=1S/C24H29NO2S/c1-19-7-9-21(10-8-19)28-18-24(26-2)12-15-25(16-13-24)14-11-20-17-27-23-6-4-3-5-22(20)23/h3-10,17H,11-16,18H2,1-2H3. The summed E-state index contributed by atoms with van der Waals surface area (Å²) in [5, 5.41) is 1.25. The highest BCUT2D eigenvalue weighted by atomic mass is 32.2. The second-order valence-electron chi connectivity index (χ2n) is 7.84. The van der Waals surface area contributed by atoms with Gasteiger partial charge in [-0.1, -0.05) is 35.9 Å². The van der Waals surface area contributed by atoms with Gasteiger partial charge in [0.15, 0.2) is 0 Å². The number of methoxy groups -OCH3 is 1. The lowest BCUT2D eigenvalue weighted by molar-refractivity contribution is -0.0385. The van der Waals surface area contributed by atoms with Crippen LogP contribution in [0.4, 0.5) is 0 Å². The smallest absolute Gasteiger partial charge is 0.134 e. The molecule has 1 saturated heterocycles. The lowest BCUT2D eigenvalue weighted by Gasteiger charge is -2.40. The van der Waals surface area contributed by atoms with E-state index in [1.54, 1.807) is 0 Å². The molecule has 0 N–H and O–H groups in total. The van der Waals surface area contributed by atoms with Crippen molar-refractivity contribution in [3.8, 4) is 0 Å². The molecule has 0 saturated carbocycles. The molecule has 0 unspecified atom stereocenters. The molecule has 1 aliphatic rings. The van der Waals surface area contributed by atoms with Gasteiger partial charge in [-0.25, -0.2) is 0 Å². The molecular weight excluding hydrogens is 366 g/mol. The molecule has 148 valence electrons. The molecule has 4 rings (SSSR count). The number of benzene rings is 2. The van der Waals surface area contributed by atoms with Crippen LogP contribution in [0.1, 0.15) is 24.0 Å². The van der Waals surface area contributed by atoms with E-state index in [2.05, 4.69) is 48.2 Å². The summed E-state index contributed by atoms with van der Waals surface area (Å²) in [6.07, 6.45) is 5.14. The van der Waals surface area contributed by atoms with Crippen molar-refractivity contribution < 1.29 is 9.15 Å². The largest absolute Gasteiger partial charge is 0.464 e. The second-order valence-corrected chi connectivity index (χ2v) is 8.89. The van der Waals surface area contributed by atoms with E-state index in [9.17, 15) is 0 Å². The number of piperidine rings is 1. The van der Waals surface area contributed by atoms with Gasteiger partial charge in [0.05, 0.1) is 11.9 Å². The lowest BCUT2D eigenvalue weighted by atomic mass is 9.93. The minimum Gasteiger partial charge on any atom is -0.464 e. The van der Waals surface area contributed by atoms with Crippen LogP contribution < -0.4 is 0 Å². The van der Waals surface area contributed by atoms with Gasteiger partial charge in [-0.3, -0.25) is 0 Å². The molecule has 2 heterocycles. The number of fused-ring (bicyclic) bond motifs is 1. The van der Waals surface area contributed by atoms with E-state index in [-0.39, 0.29) is 5.60 Å². The first-order chi connectivity index (χ1) is 13.7. The molecule has 3 nitrogen and oxygen atoms in total. The van der Waals surface area contributed by atoms with Gasteiger partial charge in [-0.15, -0.1) is 11.8 Å². The topological polar surface area (TPSA) is 25.6 Å². The van der Waals surface area contributed by atoms with Crippen molar-refractivity contribution in [1.29, 1.82) is 0 Å². The minimum absolute atomic E-state index is 0.00557. The van der Waals surface area contributed by atoms with E-state index in [1.165, 1.54) is 21.4 Å². The zero-order valence-corrected chi connectivity index (χ0v) is 17.6. The maximum atomic E-state index is 6.02. The molecule has 0 spiro atoms. The maximum absolute atomic E-state index is 6.02. The third-order valence-electron chi connectivity index (χ3n) is 5.98. The Morgan fingerprint density at radius 3 is 2.57 bits per heavy atom. The van der Waals surface area contributed by atoms with Crippen LogP contribution in [-0.2, 0) is 11.2 Å². The van der Waals surface area contributed by atoms with E-state index < -0.39 is 0 Å². The van der Waals surface area contributed by atoms with E-state index in [0.717, 1.165) is 50.2 Å². The number of para-hydroxylation sites is 1. The number of nitrogens with zero attached hydrogens (tertiary/aromatic N) is 1. The van der Waals surface area contributed by atoms with E-state index in [0.29, 0.717) is 0 Å². The Morgan fingerprint density at radius 2 is 1.82 bits per heavy atom. The third kappa shape index (κ3) is 4.45. The molecule has 1 aromatic heterocycles. The van der Waals surface area contributed by atoms with E-state index in [4.69, 9.17) is 9.15 Å². The summed E-state index contributed by atoms with van der Waals surface area (Å²) >= 11 is 1.92. The van der Waals surface area contributed by atoms with Crippen LogP contribution >= 0.6 is 11.8 Å². The monoisotopic (exact) mass is 395 g/mol. The number of hydrogen-bond donors (Lipinski definition) is 0. The van der Waals surface area contributed by atoms with Crippen molar-refractivity contribution in [2.24, 2.45) is 0 Å². The summed E-state index contributed by atoms with van der Waals surface area (Å²) in [6.45, 7) is 5.40. The van der Waals surface area contributed by atoms with Crippen LogP contribution in [0.25, 0.3) is 11.0 Å². The minimum atomic E-state index is -0.00557. The van der Waals surface area contributed by atoms with Gasteiger partial charge < -0.3 is 14.1 Å². The summed E-state index contributed by atoms with van der Waals surface area (Å²) in [4.78, 5) is 3.89. The van der Waals surface area contributed by atoms with Gasteiger partial charge >= 0.3 is 0 Å². The Bertz CT molecular complexity index is 894. The number of likely N-dealkylation sites (tertiary alicyclic amines) is 1. The molecule has 2 aromatic carbocycles. The Balaban J connectivity index is 1.29. The highest BCUT2D eigenvalue weighted by Crippen LogP contribution is 2.33. The van der Waals surface area contributed by atoms with Crippen LogP contribution in [0.15, 0.2) is 64.1 Å². The molecule has 0 radical (unpaired) electrons. The molecule has 3 aromatic rings. The number of aryl methyl sites for hydroxylation is 1. The lowest BCUT2D eigenvalue weighted by Crippen LogP contribution is -2.47. The van der Waals surface area contributed by atoms with Crippen LogP contribution in [-0.4, -0.2) is 43.0 Å². The zero-order chi connectivity index (χ0) is 19.4. The fourth-order valence-corrected chi connectivity index (χ4v) is 5.11. The van der Waals surface area contributed by atoms with Crippen LogP contribution in [0, 0.1) is 6.92 Å². The molecule has 0 amide bonds. The van der Waals surface area contributed by atoms with Gasteiger partial charge in [-0.2, -0.15) is 0 Å². The van der Waals surface area contributed by atoms with Gasteiger partial charge in [-0.05, 0) is 49.9 Å². The number of furan rings is 1. The SMILES string of the molecule is COC1(CSc2ccc(C)cc2)CCN(CCc2coc3ccccc23)CC1. The molecule has 4 heteroatoms. The molecule has 0 atom stereocenters. The summed E-state index contributed by atoms with van der Waals surface area (Å²) in [6, 6.07) is 17.1. The molecule has 0 bridgehead atoms. The van der Waals surface area contributed by atoms with Crippen LogP contribution in [0.2, 0.25) is 0 Å². The Kier molecular flexibility index (Phi) is 6.10. The fraction of sp³-hybridized carbons (Fsp3) is 0.417. The van der Waals surface area contributed by atoms with Crippen molar-refractivity contribution in [1.82, 2.24) is 4.90 Å². The molecular formula is C24H29NO2S. The quantitative estimate of drug-likeness (QED) is 0.489. The number of thioether (sulfide) groups is 1. The first-order valence-corrected chi connectivity index (χ1v) is 11.1. The first kappa shape index (κ1) is 19.6. The molecule has 28 heavy (non-hydrogen) atoms. The van der Waals surface area contributed by atoms with Gasteiger partial charge in [0.2, 0.25) is 0 Å². The fourth-order valence-electron chi connectivity index (χ4n) is 3.95. The Hall–Kier alpha value is -1.75. The van der Waals surface area contributed by atoms with Gasteiger partial charge in [0.25, 0.3) is 0 Å². The average Bonchev–Trinajstić information content (AvgIpc) is 3.16. The summed E-state index contributed by atoms with van der Waals surface area (Å²) in [7, 11) is 1.88. The van der Waals surface area contributed by atoms with E-state index in [1.807, 2.05) is 37.3 Å². The predicted molar refractivity (Wildman–Crippen MR) is 117 cm³/mol. The highest BCUT2D eigenvalue weighted by molar-refractivity contribution is 7.99. The van der Waals surface area contributed by atoms with E-state index >= 15 is 0 Å². The van der Waals surface area contributed by atoms with Crippen molar-refractivity contribution in [2.75, 3.05) is 32.5 Å². The number of rotatable bonds is 7. The Morgan fingerprint density at radius 1 is 1.07 bits per heavy atom. The van der Waals surface area contributed by atoms with Crippen molar-refractivity contribution in [3.63, 3.8) is 0 Å². The Labute approximate surface area is 172 Å². The molecule has 1 fully saturated rings. The summed E-state index contributed by atoms with van der Waals surface area (Å²) in [5.74, 6) is 1.02. The highest BCUT2D eigenvalue weighted by Gasteiger charge is 2.34. The van der Waals surface area contributed by atoms with Crippen molar-refractivity contribution in [3.05, 3.63) is 65.9 Å². The zero-order valence-electron chi connectivity index (χ0n) is 16.8. The summed E-state index contributed by atoms with van der Waals surface area (Å²) < 4.78 is 11.7. The molecule has 0 aliphatic carbocycles. The summed E-state index contributed by atoms with van der Waals surface area (Å²) in [5.41, 5.74) is 3.61. The normalized spacial score (nSPS) is 17.2. The van der Waals surface area contributed by atoms with Crippen molar-refractivity contribution in [2.45, 2.75) is 36.7 Å². The number of hydrogen-bond acceptors (Lipinski definition) is 4. The molecule has 1 aliphatic heterocycles. The van der Waals surface area contributed by atoms with Crippen LogP contribution in [0.5, 0.6) is 0 Å². The predicted octanol–water partition coefficient (Wildman–Crippen LogP) is 5.56. The van der Waals surface area contributed by atoms with Crippen LogP contribution in [0.3, 0.4) is 0 Å². The number of ether oxygens (including phenoxy) is 1.